The molecular weight excluding hydrogens is 657 g/mol. The van der Waals surface area contributed by atoms with Crippen molar-refractivity contribution in [3.8, 4) is 0 Å². The molecule has 0 spiro atoms. The van der Waals surface area contributed by atoms with Gasteiger partial charge in [0.15, 0.2) is 8.32 Å². The van der Waals surface area contributed by atoms with Crippen molar-refractivity contribution in [2.24, 2.45) is 5.92 Å². The average Bonchev–Trinajstić information content (AvgIpc) is 3.14. The summed E-state index contributed by atoms with van der Waals surface area (Å²) in [6, 6.07) is 21.8. The molecular formula is C42H66O6Si2. The Morgan fingerprint density at radius 3 is 2.00 bits per heavy atom. The summed E-state index contributed by atoms with van der Waals surface area (Å²) in [5.74, 6) is 0.310. The molecule has 8 heteroatoms. The van der Waals surface area contributed by atoms with E-state index >= 15 is 0 Å². The lowest BCUT2D eigenvalue weighted by atomic mass is 9.80. The van der Waals surface area contributed by atoms with E-state index in [4.69, 9.17) is 23.1 Å². The van der Waals surface area contributed by atoms with Crippen LogP contribution in [0.15, 0.2) is 73.3 Å². The lowest BCUT2D eigenvalue weighted by Crippen LogP contribution is -2.66. The Morgan fingerprint density at radius 2 is 1.48 bits per heavy atom. The Kier molecular flexibility index (Phi) is 11.6. The largest absolute Gasteiger partial charge is 0.411 e. The van der Waals surface area contributed by atoms with Gasteiger partial charge >= 0.3 is 0 Å². The first-order chi connectivity index (χ1) is 23.3. The van der Waals surface area contributed by atoms with Crippen molar-refractivity contribution < 1.29 is 28.2 Å². The van der Waals surface area contributed by atoms with Crippen LogP contribution in [-0.4, -0.2) is 76.2 Å². The van der Waals surface area contributed by atoms with Gasteiger partial charge in [0.05, 0.1) is 36.1 Å². The summed E-state index contributed by atoms with van der Waals surface area (Å²) in [5.41, 5.74) is -1.42. The van der Waals surface area contributed by atoms with E-state index in [9.17, 15) is 5.11 Å². The van der Waals surface area contributed by atoms with Crippen LogP contribution in [0.3, 0.4) is 0 Å². The van der Waals surface area contributed by atoms with Gasteiger partial charge in [0.2, 0.25) is 0 Å². The molecule has 3 aliphatic rings. The first-order valence-corrected chi connectivity index (χ1v) is 23.8. The van der Waals surface area contributed by atoms with Crippen molar-refractivity contribution in [2.75, 3.05) is 6.61 Å². The molecule has 0 radical (unpaired) electrons. The number of fused-ring (bicyclic) bond motifs is 2. The topological polar surface area (TPSA) is 66.4 Å². The average molecular weight is 723 g/mol. The number of hydrogen-bond donors (Lipinski definition) is 1. The summed E-state index contributed by atoms with van der Waals surface area (Å²) in [7, 11) is -4.80. The van der Waals surface area contributed by atoms with Gasteiger partial charge < -0.3 is 28.2 Å². The molecule has 0 amide bonds. The van der Waals surface area contributed by atoms with Crippen molar-refractivity contribution in [3.05, 3.63) is 73.3 Å². The molecule has 50 heavy (non-hydrogen) atoms. The molecule has 2 aromatic carbocycles. The lowest BCUT2D eigenvalue weighted by Gasteiger charge is -2.48. The fraction of sp³-hybridized carbons (Fsp3) is 0.667. The number of benzene rings is 2. The molecule has 1 N–H and O–H groups in total. The second-order valence-electron chi connectivity index (χ2n) is 18.3. The maximum atomic E-state index is 11.2. The zero-order valence-corrected chi connectivity index (χ0v) is 34.8. The summed E-state index contributed by atoms with van der Waals surface area (Å²) in [4.78, 5) is 0. The second kappa shape index (κ2) is 14.7. The number of ether oxygens (including phenoxy) is 3. The van der Waals surface area contributed by atoms with Crippen molar-refractivity contribution in [3.63, 3.8) is 0 Å². The second-order valence-corrected chi connectivity index (χ2v) is 27.4. The summed E-state index contributed by atoms with van der Waals surface area (Å²) in [5, 5.41) is 13.8. The SMILES string of the molecule is C=C[C@@]1(C)O[C@H]2[C@@H](O[Si](C)(C)C(C)(C)C)C[C@@]3(C)O[C@@H](CCCO[Si](c4ccccc4)(c4ccccc4)C(C)(C)C)[C@@H](C)C[C@@H]3O[C@@H]2C[C@@H]1O. The highest BCUT2D eigenvalue weighted by Crippen LogP contribution is 2.48. The van der Waals surface area contributed by atoms with Crippen LogP contribution < -0.4 is 10.4 Å². The molecule has 0 saturated carbocycles. The van der Waals surface area contributed by atoms with Crippen LogP contribution in [0.25, 0.3) is 0 Å². The van der Waals surface area contributed by atoms with E-state index in [1.165, 1.54) is 10.4 Å². The van der Waals surface area contributed by atoms with Crippen LogP contribution in [0.1, 0.15) is 94.4 Å². The highest BCUT2D eigenvalue weighted by molar-refractivity contribution is 6.99. The molecule has 278 valence electrons. The highest BCUT2D eigenvalue weighted by atomic mass is 28.4. The molecule has 3 saturated heterocycles. The van der Waals surface area contributed by atoms with Crippen LogP contribution in [0.4, 0.5) is 0 Å². The van der Waals surface area contributed by atoms with Crippen molar-refractivity contribution in [1.29, 1.82) is 0 Å². The fourth-order valence-corrected chi connectivity index (χ4v) is 14.3. The lowest BCUT2D eigenvalue weighted by molar-refractivity contribution is -0.252. The number of aliphatic hydroxyl groups is 1. The molecule has 3 fully saturated rings. The third-order valence-corrected chi connectivity index (χ3v) is 22.1. The first kappa shape index (κ1) is 39.6. The quantitative estimate of drug-likeness (QED) is 0.152. The Labute approximate surface area is 305 Å². The minimum atomic E-state index is -2.60. The van der Waals surface area contributed by atoms with Crippen LogP contribution in [0.5, 0.6) is 0 Å². The summed E-state index contributed by atoms with van der Waals surface area (Å²) in [6.45, 7) is 29.6. The number of rotatable bonds is 10. The van der Waals surface area contributed by atoms with E-state index in [0.29, 0.717) is 25.4 Å². The van der Waals surface area contributed by atoms with E-state index < -0.39 is 33.9 Å². The van der Waals surface area contributed by atoms with Gasteiger partial charge in [-0.2, -0.15) is 0 Å². The summed E-state index contributed by atoms with van der Waals surface area (Å²) >= 11 is 0. The number of aliphatic hydroxyl groups excluding tert-OH is 1. The smallest absolute Gasteiger partial charge is 0.261 e. The zero-order chi connectivity index (χ0) is 36.8. The van der Waals surface area contributed by atoms with Crippen LogP contribution in [-0.2, 0) is 23.1 Å². The van der Waals surface area contributed by atoms with Gasteiger partial charge in [0, 0.05) is 19.4 Å². The Morgan fingerprint density at radius 1 is 0.900 bits per heavy atom. The van der Waals surface area contributed by atoms with E-state index in [0.717, 1.165) is 19.3 Å². The maximum absolute atomic E-state index is 11.2. The molecule has 2 aromatic rings. The van der Waals surface area contributed by atoms with E-state index in [-0.39, 0.29) is 40.6 Å². The Balaban J connectivity index is 1.36. The van der Waals surface area contributed by atoms with Gasteiger partial charge in [-0.05, 0) is 72.6 Å². The minimum absolute atomic E-state index is 0.0292. The van der Waals surface area contributed by atoms with Crippen LogP contribution in [0.2, 0.25) is 23.2 Å². The molecule has 0 bridgehead atoms. The van der Waals surface area contributed by atoms with Crippen molar-refractivity contribution in [2.45, 2.75) is 165 Å². The predicted octanol–water partition coefficient (Wildman–Crippen LogP) is 8.17. The third kappa shape index (κ3) is 7.70. The monoisotopic (exact) mass is 722 g/mol. The standard InChI is InChI=1S/C42H66O6Si2/c1-13-41(9)36(43)28-34-38(47-41)35(48-49(11,12)39(3,4)5)29-42(10)37(45-34)27-30(2)33(46-42)25-20-26-44-50(40(6,7)8,31-21-16-14-17-22-31)32-23-18-15-19-24-32/h13-19,21-24,30,33-38,43H,1,20,25-29H2,2-12H3/t30-,33-,34+,35-,36-,37-,38+,41+,42+/m0/s1. The molecule has 6 nitrogen and oxygen atoms in total. The van der Waals surface area contributed by atoms with Crippen LogP contribution in [0, 0.1) is 5.92 Å². The predicted molar refractivity (Wildman–Crippen MR) is 209 cm³/mol. The van der Waals surface area contributed by atoms with Gasteiger partial charge in [-0.1, -0.05) is 115 Å². The first-order valence-electron chi connectivity index (χ1n) is 19.0. The molecule has 5 rings (SSSR count). The highest BCUT2D eigenvalue weighted by Gasteiger charge is 2.58. The van der Waals surface area contributed by atoms with E-state index in [1.807, 2.05) is 6.92 Å². The van der Waals surface area contributed by atoms with Crippen molar-refractivity contribution >= 4 is 27.0 Å². The van der Waals surface area contributed by atoms with E-state index in [1.54, 1.807) is 6.08 Å². The molecule has 9 atom stereocenters. The molecule has 0 aromatic heterocycles. The molecule has 3 heterocycles. The Hall–Kier alpha value is -1.63. The Bertz CT molecular complexity index is 1380. The maximum Gasteiger partial charge on any atom is 0.261 e. The van der Waals surface area contributed by atoms with Gasteiger partial charge in [-0.3, -0.25) is 0 Å². The fourth-order valence-electron chi connectivity index (χ4n) is 8.33. The van der Waals surface area contributed by atoms with Crippen LogP contribution >= 0.6 is 0 Å². The molecule has 3 aliphatic heterocycles. The molecule has 0 aliphatic carbocycles. The van der Waals surface area contributed by atoms with Gasteiger partial charge in [0.1, 0.15) is 11.7 Å². The normalized spacial score (nSPS) is 34.0. The summed E-state index contributed by atoms with van der Waals surface area (Å²) in [6.07, 6.45) is 4.01. The van der Waals surface area contributed by atoms with E-state index in [2.05, 4.69) is 136 Å². The summed E-state index contributed by atoms with van der Waals surface area (Å²) < 4.78 is 35.4. The van der Waals surface area contributed by atoms with Gasteiger partial charge in [-0.15, -0.1) is 6.58 Å². The van der Waals surface area contributed by atoms with Gasteiger partial charge in [0.25, 0.3) is 8.32 Å². The number of hydrogen-bond acceptors (Lipinski definition) is 6. The molecule has 0 unspecified atom stereocenters. The zero-order valence-electron chi connectivity index (χ0n) is 32.8. The van der Waals surface area contributed by atoms with Crippen molar-refractivity contribution in [1.82, 2.24) is 0 Å². The minimum Gasteiger partial charge on any atom is -0.411 e. The third-order valence-electron chi connectivity index (χ3n) is 12.5. The van der Waals surface area contributed by atoms with Gasteiger partial charge in [-0.25, -0.2) is 0 Å².